The van der Waals surface area contributed by atoms with Crippen LogP contribution in [0.2, 0.25) is 0 Å². The largest absolute Gasteiger partial charge is 0.491 e. The summed E-state index contributed by atoms with van der Waals surface area (Å²) in [5.41, 5.74) is 1.24. The quantitative estimate of drug-likeness (QED) is 0.793. The number of hydrogen-bond acceptors (Lipinski definition) is 2. The van der Waals surface area contributed by atoms with Crippen LogP contribution in [0.1, 0.15) is 45.7 Å². The van der Waals surface area contributed by atoms with Crippen LogP contribution in [-0.2, 0) is 0 Å². The highest BCUT2D eigenvalue weighted by atomic mass is 16.5. The van der Waals surface area contributed by atoms with Gasteiger partial charge in [-0.1, -0.05) is 25.1 Å². The molecule has 0 amide bonds. The van der Waals surface area contributed by atoms with Gasteiger partial charge in [-0.25, -0.2) is 0 Å². The fraction of sp³-hybridized carbons (Fsp3) is 0.571. The summed E-state index contributed by atoms with van der Waals surface area (Å²) in [7, 11) is 0. The van der Waals surface area contributed by atoms with E-state index >= 15 is 0 Å². The maximum atomic E-state index is 5.81. The van der Waals surface area contributed by atoms with E-state index in [1.54, 1.807) is 0 Å². The van der Waals surface area contributed by atoms with Gasteiger partial charge in [0.15, 0.2) is 0 Å². The highest BCUT2D eigenvalue weighted by Crippen LogP contribution is 2.25. The Morgan fingerprint density at radius 3 is 2.50 bits per heavy atom. The second-order valence-electron chi connectivity index (χ2n) is 4.38. The Morgan fingerprint density at radius 2 is 1.88 bits per heavy atom. The maximum absolute atomic E-state index is 5.81. The molecular formula is C14H23NO. The van der Waals surface area contributed by atoms with Crippen molar-refractivity contribution in [2.75, 3.05) is 6.54 Å². The SMILES string of the molecule is CCCNC(C)c1ccccc1OC(C)C. The zero-order valence-electron chi connectivity index (χ0n) is 10.8. The first kappa shape index (κ1) is 13.0. The van der Waals surface area contributed by atoms with Crippen LogP contribution in [0.25, 0.3) is 0 Å². The highest BCUT2D eigenvalue weighted by molar-refractivity contribution is 5.35. The summed E-state index contributed by atoms with van der Waals surface area (Å²) >= 11 is 0. The van der Waals surface area contributed by atoms with Crippen LogP contribution in [0, 0.1) is 0 Å². The molecule has 0 aliphatic carbocycles. The number of rotatable bonds is 6. The van der Waals surface area contributed by atoms with Crippen molar-refractivity contribution in [1.29, 1.82) is 0 Å². The van der Waals surface area contributed by atoms with Gasteiger partial charge in [-0.2, -0.15) is 0 Å². The molecule has 0 heterocycles. The van der Waals surface area contributed by atoms with Gasteiger partial charge < -0.3 is 10.1 Å². The first-order valence-corrected chi connectivity index (χ1v) is 6.14. The van der Waals surface area contributed by atoms with Gasteiger partial charge in [-0.05, 0) is 39.8 Å². The molecular weight excluding hydrogens is 198 g/mol. The summed E-state index contributed by atoms with van der Waals surface area (Å²) in [6.07, 6.45) is 1.37. The average Bonchev–Trinajstić information content (AvgIpc) is 2.26. The third-order valence-electron chi connectivity index (χ3n) is 2.45. The van der Waals surface area contributed by atoms with E-state index in [2.05, 4.69) is 45.1 Å². The van der Waals surface area contributed by atoms with Crippen molar-refractivity contribution in [3.63, 3.8) is 0 Å². The Kier molecular flexibility index (Phi) is 5.33. The van der Waals surface area contributed by atoms with Gasteiger partial charge in [-0.15, -0.1) is 0 Å². The van der Waals surface area contributed by atoms with Crippen molar-refractivity contribution in [3.05, 3.63) is 29.8 Å². The topological polar surface area (TPSA) is 21.3 Å². The molecule has 0 aliphatic rings. The zero-order valence-corrected chi connectivity index (χ0v) is 10.8. The lowest BCUT2D eigenvalue weighted by atomic mass is 10.1. The summed E-state index contributed by atoms with van der Waals surface area (Å²) in [6, 6.07) is 8.60. The van der Waals surface area contributed by atoms with Gasteiger partial charge in [0, 0.05) is 11.6 Å². The molecule has 0 saturated carbocycles. The van der Waals surface area contributed by atoms with Crippen LogP contribution < -0.4 is 10.1 Å². The van der Waals surface area contributed by atoms with Gasteiger partial charge in [0.05, 0.1) is 6.10 Å². The van der Waals surface area contributed by atoms with E-state index in [1.165, 1.54) is 5.56 Å². The third-order valence-corrected chi connectivity index (χ3v) is 2.45. The smallest absolute Gasteiger partial charge is 0.124 e. The Morgan fingerprint density at radius 1 is 1.19 bits per heavy atom. The fourth-order valence-electron chi connectivity index (χ4n) is 1.67. The van der Waals surface area contributed by atoms with Gasteiger partial charge in [0.1, 0.15) is 5.75 Å². The molecule has 0 aliphatic heterocycles. The first-order valence-electron chi connectivity index (χ1n) is 6.14. The van der Waals surface area contributed by atoms with Crippen molar-refractivity contribution in [2.45, 2.75) is 46.3 Å². The number of nitrogens with one attached hydrogen (secondary N) is 1. The lowest BCUT2D eigenvalue weighted by Crippen LogP contribution is -2.20. The second kappa shape index (κ2) is 6.54. The van der Waals surface area contributed by atoms with Gasteiger partial charge in [0.25, 0.3) is 0 Å². The molecule has 0 fully saturated rings. The molecule has 90 valence electrons. The zero-order chi connectivity index (χ0) is 12.0. The molecule has 0 spiro atoms. The van der Waals surface area contributed by atoms with Crippen LogP contribution >= 0.6 is 0 Å². The molecule has 1 rings (SSSR count). The Balaban J connectivity index is 2.76. The molecule has 16 heavy (non-hydrogen) atoms. The molecule has 1 aromatic rings. The highest BCUT2D eigenvalue weighted by Gasteiger charge is 2.10. The molecule has 2 heteroatoms. The number of hydrogen-bond donors (Lipinski definition) is 1. The van der Waals surface area contributed by atoms with Crippen molar-refractivity contribution in [2.24, 2.45) is 0 Å². The molecule has 1 aromatic carbocycles. The predicted octanol–water partition coefficient (Wildman–Crippen LogP) is 3.53. The standard InChI is InChI=1S/C14H23NO/c1-5-10-15-12(4)13-8-6-7-9-14(13)16-11(2)3/h6-9,11-12,15H,5,10H2,1-4H3. The van der Waals surface area contributed by atoms with E-state index in [0.717, 1.165) is 18.7 Å². The van der Waals surface area contributed by atoms with Crippen LogP contribution in [0.5, 0.6) is 5.75 Å². The van der Waals surface area contributed by atoms with Crippen LogP contribution in [0.3, 0.4) is 0 Å². The van der Waals surface area contributed by atoms with E-state index in [1.807, 2.05) is 12.1 Å². The molecule has 0 saturated heterocycles. The van der Waals surface area contributed by atoms with Gasteiger partial charge in [-0.3, -0.25) is 0 Å². The number of benzene rings is 1. The third kappa shape index (κ3) is 3.86. The minimum absolute atomic E-state index is 0.222. The molecule has 0 bridgehead atoms. The van der Waals surface area contributed by atoms with Gasteiger partial charge >= 0.3 is 0 Å². The van der Waals surface area contributed by atoms with E-state index in [9.17, 15) is 0 Å². The summed E-state index contributed by atoms with van der Waals surface area (Å²) in [5, 5.41) is 3.48. The normalized spacial score (nSPS) is 12.8. The Hall–Kier alpha value is -1.02. The van der Waals surface area contributed by atoms with E-state index in [4.69, 9.17) is 4.74 Å². The van der Waals surface area contributed by atoms with E-state index in [-0.39, 0.29) is 6.10 Å². The first-order chi connectivity index (χ1) is 7.65. The molecule has 0 radical (unpaired) electrons. The van der Waals surface area contributed by atoms with Crippen molar-refractivity contribution >= 4 is 0 Å². The fourth-order valence-corrected chi connectivity index (χ4v) is 1.67. The Bertz CT molecular complexity index is 309. The van der Waals surface area contributed by atoms with E-state index in [0.29, 0.717) is 6.04 Å². The lowest BCUT2D eigenvalue weighted by molar-refractivity contribution is 0.238. The van der Waals surface area contributed by atoms with E-state index < -0.39 is 0 Å². The lowest BCUT2D eigenvalue weighted by Gasteiger charge is -2.19. The van der Waals surface area contributed by atoms with Crippen molar-refractivity contribution in [1.82, 2.24) is 5.32 Å². The molecule has 1 unspecified atom stereocenters. The minimum Gasteiger partial charge on any atom is -0.491 e. The number of ether oxygens (including phenoxy) is 1. The van der Waals surface area contributed by atoms with Gasteiger partial charge in [0.2, 0.25) is 0 Å². The summed E-state index contributed by atoms with van der Waals surface area (Å²) in [6.45, 7) is 9.51. The molecule has 1 N–H and O–H groups in total. The number of para-hydroxylation sites is 1. The summed E-state index contributed by atoms with van der Waals surface area (Å²) in [4.78, 5) is 0. The molecule has 0 aromatic heterocycles. The predicted molar refractivity (Wildman–Crippen MR) is 68.9 cm³/mol. The average molecular weight is 221 g/mol. The van der Waals surface area contributed by atoms with Crippen molar-refractivity contribution in [3.8, 4) is 5.75 Å². The minimum atomic E-state index is 0.222. The molecule has 1 atom stereocenters. The van der Waals surface area contributed by atoms with Crippen LogP contribution in [-0.4, -0.2) is 12.6 Å². The summed E-state index contributed by atoms with van der Waals surface area (Å²) < 4.78 is 5.81. The summed E-state index contributed by atoms with van der Waals surface area (Å²) in [5.74, 6) is 0.994. The van der Waals surface area contributed by atoms with Crippen molar-refractivity contribution < 1.29 is 4.74 Å². The Labute approximate surface area is 99.0 Å². The molecule has 2 nitrogen and oxygen atoms in total. The monoisotopic (exact) mass is 221 g/mol. The maximum Gasteiger partial charge on any atom is 0.124 e. The van der Waals surface area contributed by atoms with Crippen LogP contribution in [0.15, 0.2) is 24.3 Å². The second-order valence-corrected chi connectivity index (χ2v) is 4.38. The van der Waals surface area contributed by atoms with Crippen LogP contribution in [0.4, 0.5) is 0 Å².